The van der Waals surface area contributed by atoms with Gasteiger partial charge in [0.15, 0.2) is 0 Å². The van der Waals surface area contributed by atoms with E-state index < -0.39 is 7.12 Å². The molecule has 2 aromatic carbocycles. The molecule has 0 unspecified atom stereocenters. The fourth-order valence-corrected chi connectivity index (χ4v) is 2.46. The van der Waals surface area contributed by atoms with Gasteiger partial charge in [-0.2, -0.15) is 0 Å². The van der Waals surface area contributed by atoms with Crippen LogP contribution in [-0.2, 0) is 11.3 Å². The van der Waals surface area contributed by atoms with E-state index in [9.17, 15) is 9.82 Å². The summed E-state index contributed by atoms with van der Waals surface area (Å²) in [5, 5.41) is 9.76. The minimum Gasteiger partial charge on any atom is -0.497 e. The van der Waals surface area contributed by atoms with Gasteiger partial charge in [0.1, 0.15) is 5.75 Å². The SMILES string of the molecule is COc1ccc(C(=O)N(C)c2ccc3c(c2)B(O)OC3)cc1. The Morgan fingerprint density at radius 2 is 2.00 bits per heavy atom. The van der Waals surface area contributed by atoms with Gasteiger partial charge in [0.25, 0.3) is 5.91 Å². The Hall–Kier alpha value is -2.31. The summed E-state index contributed by atoms with van der Waals surface area (Å²) in [5.74, 6) is 0.577. The Morgan fingerprint density at radius 1 is 1.27 bits per heavy atom. The second-order valence-corrected chi connectivity index (χ2v) is 5.14. The number of benzene rings is 2. The molecule has 2 aromatic rings. The Labute approximate surface area is 129 Å². The van der Waals surface area contributed by atoms with Crippen LogP contribution in [-0.4, -0.2) is 32.2 Å². The second-order valence-electron chi connectivity index (χ2n) is 5.14. The zero-order valence-corrected chi connectivity index (χ0v) is 12.4. The maximum Gasteiger partial charge on any atom is 0.491 e. The van der Waals surface area contributed by atoms with Crippen molar-refractivity contribution in [2.75, 3.05) is 19.1 Å². The number of carbonyl (C=O) groups excluding carboxylic acids is 1. The predicted molar refractivity (Wildman–Crippen MR) is 84.6 cm³/mol. The highest BCUT2D eigenvalue weighted by Crippen LogP contribution is 2.20. The highest BCUT2D eigenvalue weighted by atomic mass is 16.5. The molecule has 0 atom stereocenters. The molecule has 3 rings (SSSR count). The summed E-state index contributed by atoms with van der Waals surface area (Å²) in [7, 11) is 2.37. The molecule has 0 saturated carbocycles. The monoisotopic (exact) mass is 297 g/mol. The Bertz CT molecular complexity index is 702. The Morgan fingerprint density at radius 3 is 2.68 bits per heavy atom. The van der Waals surface area contributed by atoms with Crippen LogP contribution in [0.1, 0.15) is 15.9 Å². The normalized spacial score (nSPS) is 13.0. The summed E-state index contributed by atoms with van der Waals surface area (Å²) in [6.45, 7) is 0.396. The van der Waals surface area contributed by atoms with Crippen molar-refractivity contribution < 1.29 is 19.2 Å². The first-order chi connectivity index (χ1) is 10.6. The molecule has 0 spiro atoms. The van der Waals surface area contributed by atoms with E-state index in [0.717, 1.165) is 5.56 Å². The molecular weight excluding hydrogens is 281 g/mol. The van der Waals surface area contributed by atoms with Crippen LogP contribution in [0, 0.1) is 0 Å². The van der Waals surface area contributed by atoms with E-state index in [2.05, 4.69) is 0 Å². The van der Waals surface area contributed by atoms with E-state index in [1.165, 1.54) is 0 Å². The number of amides is 1. The number of nitrogens with zero attached hydrogens (tertiary/aromatic N) is 1. The van der Waals surface area contributed by atoms with Gasteiger partial charge in [-0.25, -0.2) is 0 Å². The van der Waals surface area contributed by atoms with Crippen molar-refractivity contribution in [3.63, 3.8) is 0 Å². The van der Waals surface area contributed by atoms with Gasteiger partial charge < -0.3 is 19.3 Å². The van der Waals surface area contributed by atoms with Crippen LogP contribution in [0.15, 0.2) is 42.5 Å². The van der Waals surface area contributed by atoms with Crippen molar-refractivity contribution in [2.24, 2.45) is 0 Å². The predicted octanol–water partition coefficient (Wildman–Crippen LogP) is 1.19. The van der Waals surface area contributed by atoms with Crippen LogP contribution < -0.4 is 15.1 Å². The van der Waals surface area contributed by atoms with Gasteiger partial charge >= 0.3 is 7.12 Å². The highest BCUT2D eigenvalue weighted by Gasteiger charge is 2.28. The zero-order valence-electron chi connectivity index (χ0n) is 12.4. The lowest BCUT2D eigenvalue weighted by Gasteiger charge is -2.18. The molecule has 0 fully saturated rings. The van der Waals surface area contributed by atoms with E-state index in [1.54, 1.807) is 49.4 Å². The van der Waals surface area contributed by atoms with Crippen LogP contribution in [0.5, 0.6) is 5.75 Å². The van der Waals surface area contributed by atoms with Gasteiger partial charge in [0, 0.05) is 18.3 Å². The average molecular weight is 297 g/mol. The maximum atomic E-state index is 12.5. The fourth-order valence-electron chi connectivity index (χ4n) is 2.46. The number of rotatable bonds is 3. The van der Waals surface area contributed by atoms with E-state index >= 15 is 0 Å². The van der Waals surface area contributed by atoms with Gasteiger partial charge in [0.05, 0.1) is 13.7 Å². The molecule has 112 valence electrons. The van der Waals surface area contributed by atoms with Gasteiger partial charge in [-0.15, -0.1) is 0 Å². The third-order valence-corrected chi connectivity index (χ3v) is 3.82. The van der Waals surface area contributed by atoms with Crippen LogP contribution in [0.4, 0.5) is 5.69 Å². The second kappa shape index (κ2) is 5.83. The summed E-state index contributed by atoms with van der Waals surface area (Å²) >= 11 is 0. The zero-order chi connectivity index (χ0) is 15.7. The minimum absolute atomic E-state index is 0.129. The maximum absolute atomic E-state index is 12.5. The van der Waals surface area contributed by atoms with Gasteiger partial charge in [-0.3, -0.25) is 4.79 Å². The van der Waals surface area contributed by atoms with E-state index in [0.29, 0.717) is 29.1 Å². The van der Waals surface area contributed by atoms with Crippen LogP contribution in [0.2, 0.25) is 0 Å². The molecule has 22 heavy (non-hydrogen) atoms. The number of anilines is 1. The molecule has 1 N–H and O–H groups in total. The first-order valence-electron chi connectivity index (χ1n) is 6.95. The number of carbonyl (C=O) groups is 1. The molecule has 0 bridgehead atoms. The summed E-state index contributed by atoms with van der Waals surface area (Å²) in [4.78, 5) is 14.1. The largest absolute Gasteiger partial charge is 0.497 e. The molecule has 5 nitrogen and oxygen atoms in total. The van der Waals surface area contributed by atoms with Gasteiger partial charge in [-0.05, 0) is 47.4 Å². The minimum atomic E-state index is -0.917. The lowest BCUT2D eigenvalue weighted by Crippen LogP contribution is -2.31. The number of ether oxygens (including phenoxy) is 1. The van der Waals surface area contributed by atoms with Crippen molar-refractivity contribution in [2.45, 2.75) is 6.61 Å². The fraction of sp³-hybridized carbons (Fsp3) is 0.188. The van der Waals surface area contributed by atoms with E-state index in [1.807, 2.05) is 12.1 Å². The first kappa shape index (κ1) is 14.6. The molecule has 0 radical (unpaired) electrons. The van der Waals surface area contributed by atoms with Crippen molar-refractivity contribution in [3.05, 3.63) is 53.6 Å². The third-order valence-electron chi connectivity index (χ3n) is 3.82. The first-order valence-corrected chi connectivity index (χ1v) is 6.95. The third kappa shape index (κ3) is 2.58. The standard InChI is InChI=1S/C16H16BNO4/c1-18(16(19)11-4-7-14(21-2)8-5-11)13-6-3-12-10-22-17(20)15(12)9-13/h3-9,20H,10H2,1-2H3. The number of hydrogen-bond acceptors (Lipinski definition) is 4. The molecule has 0 aromatic heterocycles. The van der Waals surface area contributed by atoms with Crippen LogP contribution in [0.3, 0.4) is 0 Å². The smallest absolute Gasteiger partial charge is 0.491 e. The molecule has 6 heteroatoms. The van der Waals surface area contributed by atoms with Gasteiger partial charge in [-0.1, -0.05) is 6.07 Å². The Kier molecular flexibility index (Phi) is 3.87. The average Bonchev–Trinajstić information content (AvgIpc) is 2.94. The Balaban J connectivity index is 1.85. The summed E-state index contributed by atoms with van der Waals surface area (Å²) in [6.07, 6.45) is 0. The summed E-state index contributed by atoms with van der Waals surface area (Å²) in [6, 6.07) is 12.5. The van der Waals surface area contributed by atoms with Crippen molar-refractivity contribution in [1.29, 1.82) is 0 Å². The van der Waals surface area contributed by atoms with Crippen LogP contribution >= 0.6 is 0 Å². The lowest BCUT2D eigenvalue weighted by atomic mass is 9.79. The molecule has 1 aliphatic heterocycles. The number of hydrogen-bond donors (Lipinski definition) is 1. The topological polar surface area (TPSA) is 59.0 Å². The molecule has 1 heterocycles. The lowest BCUT2D eigenvalue weighted by molar-refractivity contribution is 0.0993. The van der Waals surface area contributed by atoms with Crippen molar-refractivity contribution >= 4 is 24.2 Å². The molecule has 0 aliphatic carbocycles. The highest BCUT2D eigenvalue weighted by molar-refractivity contribution is 6.61. The molecule has 0 saturated heterocycles. The van der Waals surface area contributed by atoms with E-state index in [-0.39, 0.29) is 5.91 Å². The molecule has 1 aliphatic rings. The summed E-state index contributed by atoms with van der Waals surface area (Å²) < 4.78 is 10.3. The number of fused-ring (bicyclic) bond motifs is 1. The molecular formula is C16H16BNO4. The molecule has 1 amide bonds. The van der Waals surface area contributed by atoms with Crippen molar-refractivity contribution in [3.8, 4) is 5.75 Å². The quantitative estimate of drug-likeness (QED) is 0.865. The van der Waals surface area contributed by atoms with E-state index in [4.69, 9.17) is 9.39 Å². The number of methoxy groups -OCH3 is 1. The summed E-state index contributed by atoms with van der Waals surface area (Å²) in [5.41, 5.74) is 2.94. The van der Waals surface area contributed by atoms with Crippen LogP contribution in [0.25, 0.3) is 0 Å². The van der Waals surface area contributed by atoms with Crippen molar-refractivity contribution in [1.82, 2.24) is 0 Å². The van der Waals surface area contributed by atoms with Gasteiger partial charge in [0.2, 0.25) is 0 Å².